The molecule has 130 valence electrons. The number of H-pyrrole nitrogens is 1. The fraction of sp³-hybridized carbons (Fsp3) is 0.250. The van der Waals surface area contributed by atoms with Crippen LogP contribution in [-0.2, 0) is 11.2 Å². The molecule has 5 nitrogen and oxygen atoms in total. The molecule has 0 aliphatic carbocycles. The number of methoxy groups -OCH3 is 1. The van der Waals surface area contributed by atoms with Crippen LogP contribution in [0.4, 0.5) is 0 Å². The molecule has 0 radical (unpaired) electrons. The molecule has 0 bridgehead atoms. The Morgan fingerprint density at radius 2 is 2.04 bits per heavy atom. The lowest BCUT2D eigenvalue weighted by atomic mass is 10.0. The van der Waals surface area contributed by atoms with Crippen LogP contribution in [0.3, 0.4) is 0 Å². The first-order valence-corrected chi connectivity index (χ1v) is 8.30. The van der Waals surface area contributed by atoms with E-state index in [-0.39, 0.29) is 25.0 Å². The van der Waals surface area contributed by atoms with Crippen molar-refractivity contribution >= 4 is 16.8 Å². The van der Waals surface area contributed by atoms with Crippen LogP contribution in [0.25, 0.3) is 10.9 Å². The summed E-state index contributed by atoms with van der Waals surface area (Å²) in [6.07, 6.45) is 2.60. The fourth-order valence-corrected chi connectivity index (χ4v) is 2.99. The molecule has 0 saturated heterocycles. The molecule has 1 unspecified atom stereocenters. The molecule has 0 aliphatic heterocycles. The van der Waals surface area contributed by atoms with Crippen LogP contribution < -0.4 is 10.1 Å². The van der Waals surface area contributed by atoms with Gasteiger partial charge in [0.2, 0.25) is 5.91 Å². The van der Waals surface area contributed by atoms with Gasteiger partial charge in [-0.25, -0.2) is 0 Å². The van der Waals surface area contributed by atoms with Crippen molar-refractivity contribution in [3.05, 3.63) is 65.9 Å². The standard InChI is InChI=1S/C20H22N2O3/c1-25-16-7-8-19-17(12-16)15(13-21-19)11-20(24)22-18(9-10-23)14-5-3-2-4-6-14/h2-8,12-13,18,21,23H,9-11H2,1H3,(H,22,24). The Morgan fingerprint density at radius 1 is 1.24 bits per heavy atom. The number of aliphatic hydroxyl groups is 1. The summed E-state index contributed by atoms with van der Waals surface area (Å²) in [7, 11) is 1.62. The number of fused-ring (bicyclic) bond motifs is 1. The summed E-state index contributed by atoms with van der Waals surface area (Å²) in [5, 5.41) is 13.3. The maximum absolute atomic E-state index is 12.5. The number of aliphatic hydroxyl groups excluding tert-OH is 1. The van der Waals surface area contributed by atoms with Crippen molar-refractivity contribution in [2.45, 2.75) is 18.9 Å². The molecular formula is C20H22N2O3. The number of aromatic amines is 1. The Bertz CT molecular complexity index is 843. The molecule has 3 N–H and O–H groups in total. The second-order valence-corrected chi connectivity index (χ2v) is 5.95. The zero-order valence-electron chi connectivity index (χ0n) is 14.2. The Kier molecular flexibility index (Phi) is 5.36. The molecule has 1 aromatic heterocycles. The zero-order valence-corrected chi connectivity index (χ0v) is 14.2. The van der Waals surface area contributed by atoms with Gasteiger partial charge in [-0.2, -0.15) is 0 Å². The van der Waals surface area contributed by atoms with E-state index in [1.807, 2.05) is 54.7 Å². The van der Waals surface area contributed by atoms with Gasteiger partial charge in [0.1, 0.15) is 5.75 Å². The zero-order chi connectivity index (χ0) is 17.6. The van der Waals surface area contributed by atoms with E-state index in [9.17, 15) is 9.90 Å². The van der Waals surface area contributed by atoms with E-state index in [2.05, 4.69) is 10.3 Å². The maximum Gasteiger partial charge on any atom is 0.224 e. The average Bonchev–Trinajstić information content (AvgIpc) is 3.04. The van der Waals surface area contributed by atoms with E-state index >= 15 is 0 Å². The first kappa shape index (κ1) is 17.0. The predicted molar refractivity (Wildman–Crippen MR) is 97.6 cm³/mol. The van der Waals surface area contributed by atoms with Crippen LogP contribution in [0.2, 0.25) is 0 Å². The number of hydrogen-bond acceptors (Lipinski definition) is 3. The van der Waals surface area contributed by atoms with Crippen LogP contribution >= 0.6 is 0 Å². The number of amides is 1. The first-order valence-electron chi connectivity index (χ1n) is 8.30. The third kappa shape index (κ3) is 4.00. The molecule has 25 heavy (non-hydrogen) atoms. The van der Waals surface area contributed by atoms with Gasteiger partial charge in [-0.3, -0.25) is 4.79 Å². The molecule has 1 atom stereocenters. The molecule has 1 amide bonds. The van der Waals surface area contributed by atoms with Crippen molar-refractivity contribution in [3.63, 3.8) is 0 Å². The van der Waals surface area contributed by atoms with Gasteiger partial charge >= 0.3 is 0 Å². The van der Waals surface area contributed by atoms with Crippen LogP contribution in [0.5, 0.6) is 5.75 Å². The Hall–Kier alpha value is -2.79. The normalized spacial score (nSPS) is 12.1. The highest BCUT2D eigenvalue weighted by Crippen LogP contribution is 2.24. The van der Waals surface area contributed by atoms with Gasteiger partial charge < -0.3 is 20.1 Å². The summed E-state index contributed by atoms with van der Waals surface area (Å²) in [5.74, 6) is 0.683. The maximum atomic E-state index is 12.5. The molecule has 0 saturated carbocycles. The number of carbonyl (C=O) groups excluding carboxylic acids is 1. The minimum Gasteiger partial charge on any atom is -0.497 e. The number of nitrogens with one attached hydrogen (secondary N) is 2. The molecule has 5 heteroatoms. The summed E-state index contributed by atoms with van der Waals surface area (Å²) >= 11 is 0. The highest BCUT2D eigenvalue weighted by molar-refractivity contribution is 5.89. The second-order valence-electron chi connectivity index (χ2n) is 5.95. The predicted octanol–water partition coefficient (Wildman–Crippen LogP) is 2.96. The van der Waals surface area contributed by atoms with E-state index in [0.717, 1.165) is 27.8 Å². The van der Waals surface area contributed by atoms with Gasteiger partial charge in [-0.05, 0) is 35.7 Å². The van der Waals surface area contributed by atoms with Crippen molar-refractivity contribution in [2.24, 2.45) is 0 Å². The number of carbonyl (C=O) groups is 1. The largest absolute Gasteiger partial charge is 0.497 e. The molecular weight excluding hydrogens is 316 g/mol. The third-order valence-electron chi connectivity index (χ3n) is 4.28. The van der Waals surface area contributed by atoms with Gasteiger partial charge in [0, 0.05) is 23.7 Å². The van der Waals surface area contributed by atoms with E-state index in [1.165, 1.54) is 0 Å². The lowest BCUT2D eigenvalue weighted by molar-refractivity contribution is -0.121. The van der Waals surface area contributed by atoms with Gasteiger partial charge in [-0.15, -0.1) is 0 Å². The minimum absolute atomic E-state index is 0.0180. The molecule has 1 heterocycles. The number of hydrogen-bond donors (Lipinski definition) is 3. The smallest absolute Gasteiger partial charge is 0.224 e. The van der Waals surface area contributed by atoms with Gasteiger partial charge in [-0.1, -0.05) is 30.3 Å². The van der Waals surface area contributed by atoms with Gasteiger partial charge in [0.25, 0.3) is 0 Å². The summed E-state index contributed by atoms with van der Waals surface area (Å²) in [6.45, 7) is 0.0180. The summed E-state index contributed by atoms with van der Waals surface area (Å²) in [4.78, 5) is 15.7. The monoisotopic (exact) mass is 338 g/mol. The average molecular weight is 338 g/mol. The van der Waals surface area contributed by atoms with Gasteiger partial charge in [0.05, 0.1) is 19.6 Å². The van der Waals surface area contributed by atoms with Crippen molar-refractivity contribution in [1.29, 1.82) is 0 Å². The van der Waals surface area contributed by atoms with Gasteiger partial charge in [0.15, 0.2) is 0 Å². The molecule has 3 rings (SSSR count). The third-order valence-corrected chi connectivity index (χ3v) is 4.28. The number of aromatic nitrogens is 1. The quantitative estimate of drug-likeness (QED) is 0.620. The number of ether oxygens (including phenoxy) is 1. The second kappa shape index (κ2) is 7.85. The van der Waals surface area contributed by atoms with Crippen LogP contribution in [0.15, 0.2) is 54.7 Å². The fourth-order valence-electron chi connectivity index (χ4n) is 2.99. The molecule has 0 aliphatic rings. The highest BCUT2D eigenvalue weighted by Gasteiger charge is 2.16. The van der Waals surface area contributed by atoms with Crippen molar-refractivity contribution < 1.29 is 14.6 Å². The van der Waals surface area contributed by atoms with E-state index in [4.69, 9.17) is 4.74 Å². The van der Waals surface area contributed by atoms with Crippen molar-refractivity contribution in [3.8, 4) is 5.75 Å². The van der Waals surface area contributed by atoms with Crippen LogP contribution in [0, 0.1) is 0 Å². The first-order chi connectivity index (χ1) is 12.2. The Morgan fingerprint density at radius 3 is 2.76 bits per heavy atom. The number of benzene rings is 2. The Labute approximate surface area is 146 Å². The highest BCUT2D eigenvalue weighted by atomic mass is 16.5. The number of rotatable bonds is 7. The summed E-state index contributed by atoms with van der Waals surface area (Å²) in [6, 6.07) is 15.3. The van der Waals surface area contributed by atoms with Crippen molar-refractivity contribution in [2.75, 3.05) is 13.7 Å². The molecule has 0 spiro atoms. The summed E-state index contributed by atoms with van der Waals surface area (Å²) in [5.41, 5.74) is 2.88. The lowest BCUT2D eigenvalue weighted by Crippen LogP contribution is -2.30. The van der Waals surface area contributed by atoms with E-state index < -0.39 is 0 Å². The van der Waals surface area contributed by atoms with E-state index in [0.29, 0.717) is 6.42 Å². The SMILES string of the molecule is COc1ccc2[nH]cc(CC(=O)NC(CCO)c3ccccc3)c2c1. The minimum atomic E-state index is -0.196. The van der Waals surface area contributed by atoms with Crippen LogP contribution in [-0.4, -0.2) is 29.7 Å². The van der Waals surface area contributed by atoms with Crippen molar-refractivity contribution in [1.82, 2.24) is 10.3 Å². The topological polar surface area (TPSA) is 74.4 Å². The summed E-state index contributed by atoms with van der Waals surface area (Å²) < 4.78 is 5.26. The van der Waals surface area contributed by atoms with Crippen LogP contribution in [0.1, 0.15) is 23.6 Å². The Balaban J connectivity index is 1.75. The van der Waals surface area contributed by atoms with E-state index in [1.54, 1.807) is 7.11 Å². The molecule has 0 fully saturated rings. The molecule has 3 aromatic rings. The lowest BCUT2D eigenvalue weighted by Gasteiger charge is -2.18. The molecule has 2 aromatic carbocycles.